The van der Waals surface area contributed by atoms with E-state index in [1.165, 1.54) is 24.3 Å². The molecule has 0 radical (unpaired) electrons. The topological polar surface area (TPSA) is 35.5 Å². The molecule has 88 valence electrons. The highest BCUT2D eigenvalue weighted by atomic mass is 19.3. The Morgan fingerprint density at radius 2 is 2.00 bits per heavy atom. The maximum absolute atomic E-state index is 11.9. The van der Waals surface area contributed by atoms with Crippen molar-refractivity contribution in [1.29, 1.82) is 0 Å². The maximum Gasteiger partial charge on any atom is 0.387 e. The van der Waals surface area contributed by atoms with Crippen molar-refractivity contribution in [3.8, 4) is 5.75 Å². The van der Waals surface area contributed by atoms with E-state index in [0.717, 1.165) is 0 Å². The monoisotopic (exact) mass is 230 g/mol. The Kier molecular flexibility index (Phi) is 4.22. The van der Waals surface area contributed by atoms with Crippen LogP contribution >= 0.6 is 0 Å². The van der Waals surface area contributed by atoms with Gasteiger partial charge in [-0.25, -0.2) is 4.79 Å². The zero-order valence-electron chi connectivity index (χ0n) is 8.94. The summed E-state index contributed by atoms with van der Waals surface area (Å²) >= 11 is 0. The number of hydrogen-bond donors (Lipinski definition) is 0. The Labute approximate surface area is 92.0 Å². The highest BCUT2D eigenvalue weighted by Gasteiger charge is 2.11. The van der Waals surface area contributed by atoms with Gasteiger partial charge in [-0.15, -0.1) is 0 Å². The summed E-state index contributed by atoms with van der Waals surface area (Å²) in [7, 11) is 0. The third-order valence-electron chi connectivity index (χ3n) is 1.64. The highest BCUT2D eigenvalue weighted by molar-refractivity contribution is 5.89. The van der Waals surface area contributed by atoms with Crippen molar-refractivity contribution < 1.29 is 23.0 Å². The zero-order chi connectivity index (χ0) is 12.1. The van der Waals surface area contributed by atoms with E-state index in [0.29, 0.717) is 0 Å². The molecule has 0 saturated carbocycles. The van der Waals surface area contributed by atoms with Crippen LogP contribution < -0.4 is 4.74 Å². The van der Waals surface area contributed by atoms with Gasteiger partial charge in [0.15, 0.2) is 0 Å². The quantitative estimate of drug-likeness (QED) is 0.746. The minimum absolute atomic E-state index is 0.0618. The Bertz CT molecular complexity index is 364. The Hall–Kier alpha value is -1.65. The first-order valence-electron chi connectivity index (χ1n) is 4.75. The summed E-state index contributed by atoms with van der Waals surface area (Å²) in [6, 6.07) is 5.49. The van der Waals surface area contributed by atoms with Gasteiger partial charge >= 0.3 is 12.6 Å². The molecule has 1 rings (SSSR count). The van der Waals surface area contributed by atoms with E-state index < -0.39 is 12.6 Å². The number of halogens is 2. The maximum atomic E-state index is 11.9. The van der Waals surface area contributed by atoms with Crippen molar-refractivity contribution in [1.82, 2.24) is 0 Å². The van der Waals surface area contributed by atoms with Gasteiger partial charge in [0.2, 0.25) is 0 Å². The molecule has 0 amide bonds. The fraction of sp³-hybridized carbons (Fsp3) is 0.364. The van der Waals surface area contributed by atoms with Crippen LogP contribution in [0.2, 0.25) is 0 Å². The van der Waals surface area contributed by atoms with Crippen LogP contribution in [-0.2, 0) is 4.74 Å². The molecule has 0 aliphatic rings. The number of hydrogen-bond acceptors (Lipinski definition) is 3. The number of benzene rings is 1. The van der Waals surface area contributed by atoms with Gasteiger partial charge in [-0.3, -0.25) is 0 Å². The molecule has 0 N–H and O–H groups in total. The predicted octanol–water partition coefficient (Wildman–Crippen LogP) is 2.85. The normalized spacial score (nSPS) is 10.6. The Morgan fingerprint density at radius 3 is 2.56 bits per heavy atom. The molecule has 5 heteroatoms. The second-order valence-corrected chi connectivity index (χ2v) is 3.36. The molecule has 1 aromatic carbocycles. The number of alkyl halides is 2. The van der Waals surface area contributed by atoms with Crippen LogP contribution in [0.4, 0.5) is 8.78 Å². The first-order chi connectivity index (χ1) is 7.49. The SMILES string of the molecule is CC(C)OC(=O)c1cccc(OC(F)F)c1. The van der Waals surface area contributed by atoms with Crippen molar-refractivity contribution >= 4 is 5.97 Å². The second kappa shape index (κ2) is 5.44. The molecule has 16 heavy (non-hydrogen) atoms. The van der Waals surface area contributed by atoms with Crippen LogP contribution in [0.5, 0.6) is 5.75 Å². The largest absolute Gasteiger partial charge is 0.459 e. The third kappa shape index (κ3) is 3.84. The molecule has 0 unspecified atom stereocenters. The summed E-state index contributed by atoms with van der Waals surface area (Å²) in [5.74, 6) is -0.622. The molecule has 0 aromatic heterocycles. The minimum Gasteiger partial charge on any atom is -0.459 e. The first kappa shape index (κ1) is 12.4. The molecular formula is C11H12F2O3. The summed E-state index contributed by atoms with van der Waals surface area (Å²) in [5, 5.41) is 0. The van der Waals surface area contributed by atoms with Crippen molar-refractivity contribution in [2.24, 2.45) is 0 Å². The minimum atomic E-state index is -2.91. The lowest BCUT2D eigenvalue weighted by molar-refractivity contribution is -0.0499. The fourth-order valence-corrected chi connectivity index (χ4v) is 1.08. The molecular weight excluding hydrogens is 218 g/mol. The third-order valence-corrected chi connectivity index (χ3v) is 1.64. The predicted molar refractivity (Wildman–Crippen MR) is 53.6 cm³/mol. The molecule has 0 fully saturated rings. The van der Waals surface area contributed by atoms with Crippen molar-refractivity contribution in [3.63, 3.8) is 0 Å². The van der Waals surface area contributed by atoms with Crippen LogP contribution in [0, 0.1) is 0 Å². The average molecular weight is 230 g/mol. The smallest absolute Gasteiger partial charge is 0.387 e. The number of ether oxygens (including phenoxy) is 2. The summed E-state index contributed by atoms with van der Waals surface area (Å²) in [6.07, 6.45) is -0.257. The van der Waals surface area contributed by atoms with Crippen LogP contribution in [0.15, 0.2) is 24.3 Å². The number of carbonyl (C=O) groups is 1. The highest BCUT2D eigenvalue weighted by Crippen LogP contribution is 2.16. The standard InChI is InChI=1S/C11H12F2O3/c1-7(2)15-10(14)8-4-3-5-9(6-8)16-11(12)13/h3-7,11H,1-2H3. The summed E-state index contributed by atoms with van der Waals surface area (Å²) in [6.45, 7) is 0.505. The molecule has 0 aliphatic carbocycles. The zero-order valence-corrected chi connectivity index (χ0v) is 8.94. The van der Waals surface area contributed by atoms with E-state index >= 15 is 0 Å². The van der Waals surface area contributed by atoms with Gasteiger partial charge in [-0.2, -0.15) is 8.78 Å². The van der Waals surface area contributed by atoms with Crippen LogP contribution in [0.25, 0.3) is 0 Å². The van der Waals surface area contributed by atoms with Crippen molar-refractivity contribution in [3.05, 3.63) is 29.8 Å². The van der Waals surface area contributed by atoms with Gasteiger partial charge < -0.3 is 9.47 Å². The number of carbonyl (C=O) groups excluding carboxylic acids is 1. The van der Waals surface area contributed by atoms with E-state index in [9.17, 15) is 13.6 Å². The van der Waals surface area contributed by atoms with Gasteiger partial charge in [-0.1, -0.05) is 6.07 Å². The molecule has 3 nitrogen and oxygen atoms in total. The van der Waals surface area contributed by atoms with Crippen LogP contribution in [0.3, 0.4) is 0 Å². The van der Waals surface area contributed by atoms with Gasteiger partial charge in [0.1, 0.15) is 5.75 Å². The first-order valence-corrected chi connectivity index (χ1v) is 4.75. The Morgan fingerprint density at radius 1 is 1.31 bits per heavy atom. The lowest BCUT2D eigenvalue weighted by Gasteiger charge is -2.09. The van der Waals surface area contributed by atoms with Gasteiger partial charge in [0.05, 0.1) is 11.7 Å². The van der Waals surface area contributed by atoms with E-state index in [4.69, 9.17) is 4.74 Å². The van der Waals surface area contributed by atoms with Crippen LogP contribution in [0.1, 0.15) is 24.2 Å². The van der Waals surface area contributed by atoms with Crippen molar-refractivity contribution in [2.45, 2.75) is 26.6 Å². The molecule has 0 heterocycles. The lowest BCUT2D eigenvalue weighted by Crippen LogP contribution is -2.12. The number of esters is 1. The van der Waals surface area contributed by atoms with E-state index in [1.54, 1.807) is 13.8 Å². The molecule has 0 spiro atoms. The molecule has 0 saturated heterocycles. The average Bonchev–Trinajstić information content (AvgIpc) is 2.16. The van der Waals surface area contributed by atoms with Gasteiger partial charge in [0.25, 0.3) is 0 Å². The summed E-state index contributed by atoms with van der Waals surface area (Å²) in [5.41, 5.74) is 0.187. The van der Waals surface area contributed by atoms with E-state index in [2.05, 4.69) is 4.74 Å². The lowest BCUT2D eigenvalue weighted by atomic mass is 10.2. The molecule has 1 aromatic rings. The molecule has 0 atom stereocenters. The fourth-order valence-electron chi connectivity index (χ4n) is 1.08. The summed E-state index contributed by atoms with van der Waals surface area (Å²) in [4.78, 5) is 11.4. The van der Waals surface area contributed by atoms with E-state index in [1.807, 2.05) is 0 Å². The van der Waals surface area contributed by atoms with Crippen molar-refractivity contribution in [2.75, 3.05) is 0 Å². The number of rotatable bonds is 4. The van der Waals surface area contributed by atoms with Gasteiger partial charge in [0, 0.05) is 0 Å². The molecule has 0 aliphatic heterocycles. The van der Waals surface area contributed by atoms with E-state index in [-0.39, 0.29) is 17.4 Å². The summed E-state index contributed by atoms with van der Waals surface area (Å²) < 4.78 is 32.9. The second-order valence-electron chi connectivity index (χ2n) is 3.36. The van der Waals surface area contributed by atoms with Crippen LogP contribution in [-0.4, -0.2) is 18.7 Å². The molecule has 0 bridgehead atoms. The Balaban J connectivity index is 2.77. The van der Waals surface area contributed by atoms with Gasteiger partial charge in [-0.05, 0) is 32.0 Å².